The Hall–Kier alpha value is -1.42. The molecule has 124 valence electrons. The third-order valence-electron chi connectivity index (χ3n) is 4.22. The van der Waals surface area contributed by atoms with Crippen LogP contribution in [0, 0.1) is 3.70 Å². The predicted molar refractivity (Wildman–Crippen MR) is 98.1 cm³/mol. The Labute approximate surface area is 149 Å². The molecule has 0 aromatic carbocycles. The summed E-state index contributed by atoms with van der Waals surface area (Å²) >= 11 is 2.22. The molecule has 1 amide bonds. The number of rotatable bonds is 3. The van der Waals surface area contributed by atoms with E-state index in [2.05, 4.69) is 32.7 Å². The van der Waals surface area contributed by atoms with Crippen molar-refractivity contribution < 1.29 is 4.79 Å². The quantitative estimate of drug-likeness (QED) is 0.747. The van der Waals surface area contributed by atoms with Gasteiger partial charge in [-0.25, -0.2) is 0 Å². The van der Waals surface area contributed by atoms with Crippen LogP contribution in [0.2, 0.25) is 0 Å². The number of piperidine rings is 1. The Morgan fingerprint density at radius 3 is 2.74 bits per heavy atom. The van der Waals surface area contributed by atoms with Crippen LogP contribution in [0.5, 0.6) is 0 Å². The van der Waals surface area contributed by atoms with Crippen LogP contribution >= 0.6 is 22.6 Å². The van der Waals surface area contributed by atoms with E-state index in [-0.39, 0.29) is 11.9 Å². The molecule has 1 fully saturated rings. The summed E-state index contributed by atoms with van der Waals surface area (Å²) in [5.41, 5.74) is 7.67. The maximum atomic E-state index is 12.1. The van der Waals surface area contributed by atoms with Gasteiger partial charge in [0.25, 0.3) is 0 Å². The van der Waals surface area contributed by atoms with Gasteiger partial charge in [-0.15, -0.1) is 0 Å². The van der Waals surface area contributed by atoms with Crippen LogP contribution < -0.4 is 5.73 Å². The van der Waals surface area contributed by atoms with Crippen molar-refractivity contribution in [1.82, 2.24) is 24.6 Å². The first-order chi connectivity index (χ1) is 11.0. The Morgan fingerprint density at radius 1 is 1.39 bits per heavy atom. The first-order valence-corrected chi connectivity index (χ1v) is 8.75. The Bertz CT molecular complexity index is 720. The summed E-state index contributed by atoms with van der Waals surface area (Å²) in [5, 5.41) is 5.64. The molecule has 2 aromatic rings. The maximum Gasteiger partial charge on any atom is 0.236 e. The topological polar surface area (TPSA) is 80.3 Å². The second-order valence-electron chi connectivity index (χ2n) is 6.21. The average molecular weight is 428 g/mol. The fourth-order valence-corrected chi connectivity index (χ4v) is 3.89. The molecule has 7 nitrogen and oxygen atoms in total. The lowest BCUT2D eigenvalue weighted by atomic mass is 10.0. The predicted octanol–water partition coefficient (Wildman–Crippen LogP) is 1.34. The maximum absolute atomic E-state index is 12.1. The Morgan fingerprint density at radius 2 is 2.09 bits per heavy atom. The van der Waals surface area contributed by atoms with E-state index < -0.39 is 0 Å². The monoisotopic (exact) mass is 428 g/mol. The van der Waals surface area contributed by atoms with E-state index in [4.69, 9.17) is 5.73 Å². The summed E-state index contributed by atoms with van der Waals surface area (Å²) in [7, 11) is 3.83. The lowest BCUT2D eigenvalue weighted by molar-refractivity contribution is -0.133. The van der Waals surface area contributed by atoms with Crippen LogP contribution in [0.25, 0.3) is 10.9 Å². The van der Waals surface area contributed by atoms with Crippen LogP contribution in [-0.4, -0.2) is 64.2 Å². The molecule has 0 aliphatic carbocycles. The van der Waals surface area contributed by atoms with E-state index >= 15 is 0 Å². The van der Waals surface area contributed by atoms with Gasteiger partial charge >= 0.3 is 0 Å². The van der Waals surface area contributed by atoms with Crippen LogP contribution in [0.4, 0.5) is 5.69 Å². The molecule has 1 saturated heterocycles. The summed E-state index contributed by atoms with van der Waals surface area (Å²) in [6, 6.07) is 0.285. The molecule has 0 unspecified atom stereocenters. The minimum atomic E-state index is 0.194. The first kappa shape index (κ1) is 16.4. The molecule has 2 aromatic heterocycles. The molecular weight excluding hydrogens is 407 g/mol. The van der Waals surface area contributed by atoms with Crippen LogP contribution in [-0.2, 0) is 4.79 Å². The van der Waals surface area contributed by atoms with Crippen molar-refractivity contribution in [1.29, 1.82) is 0 Å². The molecule has 1 aliphatic heterocycles. The first-order valence-electron chi connectivity index (χ1n) is 7.67. The molecule has 2 N–H and O–H groups in total. The van der Waals surface area contributed by atoms with E-state index in [1.165, 1.54) is 0 Å². The summed E-state index contributed by atoms with van der Waals surface area (Å²) in [4.78, 5) is 20.2. The highest BCUT2D eigenvalue weighted by molar-refractivity contribution is 14.1. The highest BCUT2D eigenvalue weighted by Gasteiger charge is 2.26. The van der Waals surface area contributed by atoms with Gasteiger partial charge in [-0.1, -0.05) is 0 Å². The van der Waals surface area contributed by atoms with Crippen molar-refractivity contribution in [2.45, 2.75) is 18.9 Å². The van der Waals surface area contributed by atoms with Gasteiger partial charge in [0.1, 0.15) is 3.70 Å². The van der Waals surface area contributed by atoms with E-state index in [0.29, 0.717) is 12.2 Å². The van der Waals surface area contributed by atoms with Gasteiger partial charge in [-0.05, 0) is 49.5 Å². The van der Waals surface area contributed by atoms with Gasteiger partial charge in [0.05, 0.1) is 41.6 Å². The van der Waals surface area contributed by atoms with Gasteiger partial charge in [0, 0.05) is 13.1 Å². The number of amides is 1. The van der Waals surface area contributed by atoms with Gasteiger partial charge in [0.2, 0.25) is 5.91 Å². The molecule has 0 radical (unpaired) electrons. The normalized spacial score (nSPS) is 16.4. The van der Waals surface area contributed by atoms with Crippen molar-refractivity contribution in [2.75, 3.05) is 39.5 Å². The number of nitrogens with zero attached hydrogens (tertiary/aromatic N) is 5. The molecule has 0 bridgehead atoms. The summed E-state index contributed by atoms with van der Waals surface area (Å²) in [6.07, 6.45) is 5.30. The number of nitrogen functional groups attached to an aromatic ring is 1. The Kier molecular flexibility index (Phi) is 4.72. The lowest BCUT2D eigenvalue weighted by Crippen LogP contribution is -2.43. The molecular formula is C15H21IN6O. The highest BCUT2D eigenvalue weighted by Crippen LogP contribution is 2.31. The van der Waals surface area contributed by atoms with Crippen LogP contribution in [0.3, 0.4) is 0 Å². The number of nitrogens with two attached hydrogens (primary N) is 1. The summed E-state index contributed by atoms with van der Waals surface area (Å²) < 4.78 is 2.94. The average Bonchev–Trinajstić information content (AvgIpc) is 2.85. The lowest BCUT2D eigenvalue weighted by Gasteiger charge is -2.33. The number of fused-ring (bicyclic) bond motifs is 1. The van der Waals surface area contributed by atoms with E-state index in [1.807, 2.05) is 34.8 Å². The van der Waals surface area contributed by atoms with Gasteiger partial charge in [-0.2, -0.15) is 5.10 Å². The van der Waals surface area contributed by atoms with Crippen LogP contribution in [0.1, 0.15) is 18.9 Å². The van der Waals surface area contributed by atoms with Crippen LogP contribution in [0.15, 0.2) is 12.4 Å². The minimum absolute atomic E-state index is 0.194. The zero-order valence-electron chi connectivity index (χ0n) is 13.4. The number of hydrogen-bond donors (Lipinski definition) is 1. The number of hydrogen-bond acceptors (Lipinski definition) is 5. The molecule has 0 spiro atoms. The number of likely N-dealkylation sites (N-methyl/N-ethyl adjacent to an activating group) is 1. The largest absolute Gasteiger partial charge is 0.397 e. The number of likely N-dealkylation sites (tertiary alicyclic amines) is 1. The number of carbonyl (C=O) groups excluding carboxylic acids is 1. The molecule has 8 heteroatoms. The third kappa shape index (κ3) is 3.27. The number of carbonyl (C=O) groups is 1. The Balaban J connectivity index is 1.76. The zero-order valence-corrected chi connectivity index (χ0v) is 15.5. The molecule has 3 rings (SSSR count). The van der Waals surface area contributed by atoms with Gasteiger partial charge in [0.15, 0.2) is 0 Å². The second-order valence-corrected chi connectivity index (χ2v) is 7.23. The fourth-order valence-electron chi connectivity index (χ4n) is 3.07. The molecule has 1 aliphatic rings. The molecule has 0 saturated carbocycles. The van der Waals surface area contributed by atoms with E-state index in [0.717, 1.165) is 40.5 Å². The number of anilines is 1. The molecule has 23 heavy (non-hydrogen) atoms. The smallest absolute Gasteiger partial charge is 0.236 e. The van der Waals surface area contributed by atoms with E-state index in [1.54, 1.807) is 6.20 Å². The second kappa shape index (κ2) is 6.60. The third-order valence-corrected chi connectivity index (χ3v) is 4.97. The fraction of sp³-hybridized carbons (Fsp3) is 0.533. The van der Waals surface area contributed by atoms with Crippen molar-refractivity contribution in [3.63, 3.8) is 0 Å². The number of aromatic nitrogens is 3. The summed E-state index contributed by atoms with van der Waals surface area (Å²) in [6.45, 7) is 2.00. The SMILES string of the molecule is CN(C)CC(=O)N1CCC(n2nc(I)c3c(N)cncc32)CC1. The van der Waals surface area contributed by atoms with Crippen molar-refractivity contribution in [2.24, 2.45) is 0 Å². The summed E-state index contributed by atoms with van der Waals surface area (Å²) in [5.74, 6) is 0.194. The zero-order chi connectivity index (χ0) is 16.6. The van der Waals surface area contributed by atoms with E-state index in [9.17, 15) is 4.79 Å². The molecule has 0 atom stereocenters. The molecule has 3 heterocycles. The number of halogens is 1. The van der Waals surface area contributed by atoms with Gasteiger partial charge in [-0.3, -0.25) is 14.5 Å². The highest BCUT2D eigenvalue weighted by atomic mass is 127. The standard InChI is InChI=1S/C15H21IN6O/c1-20(2)9-13(23)21-5-3-10(4-6-21)22-12-8-18-7-11(17)14(12)15(16)19-22/h7-8,10H,3-6,9,17H2,1-2H3. The van der Waals surface area contributed by atoms with Crippen molar-refractivity contribution in [3.8, 4) is 0 Å². The number of pyridine rings is 1. The van der Waals surface area contributed by atoms with Crippen molar-refractivity contribution >= 4 is 45.1 Å². The minimum Gasteiger partial charge on any atom is -0.397 e. The van der Waals surface area contributed by atoms with Crippen molar-refractivity contribution in [3.05, 3.63) is 16.1 Å². The van der Waals surface area contributed by atoms with Gasteiger partial charge < -0.3 is 15.5 Å².